The van der Waals surface area contributed by atoms with E-state index in [0.29, 0.717) is 11.7 Å². The van der Waals surface area contributed by atoms with E-state index in [1.165, 1.54) is 12.1 Å². The van der Waals surface area contributed by atoms with Crippen molar-refractivity contribution < 1.29 is 4.39 Å². The number of nitrogens with one attached hydrogen (secondary N) is 1. The van der Waals surface area contributed by atoms with Crippen LogP contribution in [0.1, 0.15) is 18.9 Å². The molecule has 88 valence electrons. The van der Waals surface area contributed by atoms with E-state index in [1.54, 1.807) is 6.07 Å². The number of thiocarbonyl (C=S) groups is 1. The van der Waals surface area contributed by atoms with Crippen molar-refractivity contribution in [2.75, 3.05) is 13.6 Å². The zero-order valence-electron chi connectivity index (χ0n) is 9.66. The number of rotatable bonds is 4. The summed E-state index contributed by atoms with van der Waals surface area (Å²) in [7, 11) is 1.90. The zero-order valence-corrected chi connectivity index (χ0v) is 10.5. The van der Waals surface area contributed by atoms with Crippen molar-refractivity contribution in [2.45, 2.75) is 19.9 Å². The molecular formula is C12H17FN2S. The summed E-state index contributed by atoms with van der Waals surface area (Å²) in [6, 6.07) is 6.57. The fourth-order valence-electron chi connectivity index (χ4n) is 1.35. The molecule has 2 nitrogen and oxygen atoms in total. The molecule has 0 saturated carbocycles. The molecule has 0 bridgehead atoms. The van der Waals surface area contributed by atoms with Gasteiger partial charge >= 0.3 is 0 Å². The van der Waals surface area contributed by atoms with Gasteiger partial charge in [0.1, 0.15) is 5.82 Å². The summed E-state index contributed by atoms with van der Waals surface area (Å²) in [6.45, 7) is 3.57. The van der Waals surface area contributed by atoms with Crippen LogP contribution in [0.25, 0.3) is 0 Å². The first kappa shape index (κ1) is 12.9. The van der Waals surface area contributed by atoms with E-state index in [2.05, 4.69) is 12.2 Å². The van der Waals surface area contributed by atoms with Gasteiger partial charge in [0, 0.05) is 20.1 Å². The molecule has 1 aromatic carbocycles. The van der Waals surface area contributed by atoms with Gasteiger partial charge in [0.2, 0.25) is 0 Å². The van der Waals surface area contributed by atoms with E-state index in [9.17, 15) is 4.39 Å². The Kier molecular flexibility index (Phi) is 5.19. The Morgan fingerprint density at radius 2 is 2.25 bits per heavy atom. The van der Waals surface area contributed by atoms with Crippen LogP contribution in [0.5, 0.6) is 0 Å². The molecule has 0 radical (unpaired) electrons. The van der Waals surface area contributed by atoms with Gasteiger partial charge in [-0.3, -0.25) is 0 Å². The minimum atomic E-state index is -0.210. The molecule has 0 heterocycles. The summed E-state index contributed by atoms with van der Waals surface area (Å²) in [5.74, 6) is -0.210. The van der Waals surface area contributed by atoms with Crippen molar-refractivity contribution in [3.63, 3.8) is 0 Å². The van der Waals surface area contributed by atoms with Gasteiger partial charge in [-0.25, -0.2) is 4.39 Å². The molecule has 0 aliphatic heterocycles. The lowest BCUT2D eigenvalue weighted by molar-refractivity contribution is 0.486. The molecule has 0 spiro atoms. The topological polar surface area (TPSA) is 15.3 Å². The SMILES string of the molecule is CCCNC(=S)N(C)Cc1cccc(F)c1. The second-order valence-corrected chi connectivity index (χ2v) is 4.10. The maximum Gasteiger partial charge on any atom is 0.168 e. The number of hydrogen-bond donors (Lipinski definition) is 1. The predicted molar refractivity (Wildman–Crippen MR) is 68.8 cm³/mol. The van der Waals surface area contributed by atoms with Gasteiger partial charge in [-0.05, 0) is 36.3 Å². The first-order valence-corrected chi connectivity index (χ1v) is 5.77. The van der Waals surface area contributed by atoms with Crippen molar-refractivity contribution in [1.82, 2.24) is 10.2 Å². The van der Waals surface area contributed by atoms with Crippen LogP contribution in [0, 0.1) is 5.82 Å². The average Bonchev–Trinajstić information content (AvgIpc) is 2.25. The van der Waals surface area contributed by atoms with Crippen LogP contribution in [0.4, 0.5) is 4.39 Å². The Morgan fingerprint density at radius 1 is 1.50 bits per heavy atom. The molecule has 1 aromatic rings. The van der Waals surface area contributed by atoms with E-state index in [-0.39, 0.29) is 5.82 Å². The van der Waals surface area contributed by atoms with E-state index in [4.69, 9.17) is 12.2 Å². The minimum Gasteiger partial charge on any atom is -0.363 e. The summed E-state index contributed by atoms with van der Waals surface area (Å²) in [5, 5.41) is 3.83. The third-order valence-electron chi connectivity index (χ3n) is 2.18. The lowest BCUT2D eigenvalue weighted by Crippen LogP contribution is -2.36. The van der Waals surface area contributed by atoms with Gasteiger partial charge in [0.05, 0.1) is 0 Å². The van der Waals surface area contributed by atoms with Gasteiger partial charge in [0.15, 0.2) is 5.11 Å². The van der Waals surface area contributed by atoms with Crippen LogP contribution in [0.15, 0.2) is 24.3 Å². The Morgan fingerprint density at radius 3 is 2.88 bits per heavy atom. The van der Waals surface area contributed by atoms with Crippen LogP contribution >= 0.6 is 12.2 Å². The second kappa shape index (κ2) is 6.43. The quantitative estimate of drug-likeness (QED) is 0.814. The van der Waals surface area contributed by atoms with Crippen LogP contribution in [-0.4, -0.2) is 23.6 Å². The van der Waals surface area contributed by atoms with Crippen LogP contribution < -0.4 is 5.32 Å². The maximum atomic E-state index is 13.0. The molecule has 16 heavy (non-hydrogen) atoms. The zero-order chi connectivity index (χ0) is 12.0. The molecular weight excluding hydrogens is 223 g/mol. The van der Waals surface area contributed by atoms with E-state index in [1.807, 2.05) is 18.0 Å². The summed E-state index contributed by atoms with van der Waals surface area (Å²) >= 11 is 5.20. The number of hydrogen-bond acceptors (Lipinski definition) is 1. The van der Waals surface area contributed by atoms with Crippen LogP contribution in [0.3, 0.4) is 0 Å². The standard InChI is InChI=1S/C12H17FN2S/c1-3-7-14-12(16)15(2)9-10-5-4-6-11(13)8-10/h4-6,8H,3,7,9H2,1-2H3,(H,14,16). The Balaban J connectivity index is 2.50. The monoisotopic (exact) mass is 240 g/mol. The van der Waals surface area contributed by atoms with Gasteiger partial charge in [0.25, 0.3) is 0 Å². The molecule has 0 aromatic heterocycles. The molecule has 0 aliphatic rings. The van der Waals surface area contributed by atoms with Crippen molar-refractivity contribution in [3.8, 4) is 0 Å². The minimum absolute atomic E-state index is 0.210. The molecule has 1 rings (SSSR count). The van der Waals surface area contributed by atoms with E-state index >= 15 is 0 Å². The highest BCUT2D eigenvalue weighted by molar-refractivity contribution is 7.80. The fraction of sp³-hybridized carbons (Fsp3) is 0.417. The van der Waals surface area contributed by atoms with Crippen LogP contribution in [-0.2, 0) is 6.54 Å². The van der Waals surface area contributed by atoms with Crippen molar-refractivity contribution in [2.24, 2.45) is 0 Å². The Bertz CT molecular complexity index is 355. The molecule has 0 aliphatic carbocycles. The third-order valence-corrected chi connectivity index (χ3v) is 2.64. The van der Waals surface area contributed by atoms with Crippen molar-refractivity contribution in [3.05, 3.63) is 35.6 Å². The highest BCUT2D eigenvalue weighted by Crippen LogP contribution is 2.06. The summed E-state index contributed by atoms with van der Waals surface area (Å²) < 4.78 is 13.0. The van der Waals surface area contributed by atoms with Gasteiger partial charge in [-0.1, -0.05) is 19.1 Å². The number of nitrogens with zero attached hydrogens (tertiary/aromatic N) is 1. The average molecular weight is 240 g/mol. The molecule has 0 atom stereocenters. The van der Waals surface area contributed by atoms with Gasteiger partial charge in [-0.15, -0.1) is 0 Å². The van der Waals surface area contributed by atoms with Gasteiger partial charge < -0.3 is 10.2 Å². The number of benzene rings is 1. The highest BCUT2D eigenvalue weighted by atomic mass is 32.1. The predicted octanol–water partition coefficient (Wildman–Crippen LogP) is 2.54. The third kappa shape index (κ3) is 4.14. The smallest absolute Gasteiger partial charge is 0.168 e. The largest absolute Gasteiger partial charge is 0.363 e. The number of halogens is 1. The lowest BCUT2D eigenvalue weighted by Gasteiger charge is -2.20. The van der Waals surface area contributed by atoms with Crippen molar-refractivity contribution >= 4 is 17.3 Å². The lowest BCUT2D eigenvalue weighted by atomic mass is 10.2. The van der Waals surface area contributed by atoms with Crippen molar-refractivity contribution in [1.29, 1.82) is 0 Å². The van der Waals surface area contributed by atoms with E-state index < -0.39 is 0 Å². The Hall–Kier alpha value is -1.16. The maximum absolute atomic E-state index is 13.0. The molecule has 4 heteroatoms. The summed E-state index contributed by atoms with van der Waals surface area (Å²) in [6.07, 6.45) is 1.04. The van der Waals surface area contributed by atoms with E-state index in [0.717, 1.165) is 18.5 Å². The van der Waals surface area contributed by atoms with Crippen LogP contribution in [0.2, 0.25) is 0 Å². The summed E-state index contributed by atoms with van der Waals surface area (Å²) in [4.78, 5) is 1.90. The van der Waals surface area contributed by atoms with Gasteiger partial charge in [-0.2, -0.15) is 0 Å². The molecule has 0 saturated heterocycles. The second-order valence-electron chi connectivity index (χ2n) is 3.72. The first-order chi connectivity index (χ1) is 7.63. The summed E-state index contributed by atoms with van der Waals surface area (Å²) in [5.41, 5.74) is 0.920. The highest BCUT2D eigenvalue weighted by Gasteiger charge is 2.04. The fourth-order valence-corrected chi connectivity index (χ4v) is 1.51. The molecule has 1 N–H and O–H groups in total. The normalized spacial score (nSPS) is 9.94. The molecule has 0 unspecified atom stereocenters. The molecule has 0 amide bonds. The molecule has 0 fully saturated rings. The Labute approximate surface area is 101 Å². The first-order valence-electron chi connectivity index (χ1n) is 5.37.